The molecule has 0 bridgehead atoms. The molecule has 2 nitrogen and oxygen atoms in total. The first-order valence-electron chi connectivity index (χ1n) is 10.8. The lowest BCUT2D eigenvalue weighted by Crippen LogP contribution is -2.06. The number of pyridine rings is 1. The molecule has 5 heteroatoms. The molecule has 0 aliphatic carbocycles. The number of hydrogen-bond donors (Lipinski definition) is 1. The van der Waals surface area contributed by atoms with Gasteiger partial charge in [0.2, 0.25) is 0 Å². The molecule has 0 unspecified atom stereocenters. The smallest absolute Gasteiger partial charge is 0.399 e. The van der Waals surface area contributed by atoms with Gasteiger partial charge in [-0.2, -0.15) is 13.2 Å². The number of halogens is 3. The van der Waals surface area contributed by atoms with Crippen LogP contribution in [0.2, 0.25) is 0 Å². The molecule has 0 saturated carbocycles. The normalized spacial score (nSPS) is 11.3. The zero-order valence-electron chi connectivity index (χ0n) is 18.3. The molecule has 0 amide bonds. The maximum absolute atomic E-state index is 13.6. The number of alkyl halides is 3. The first kappa shape index (κ1) is 22.3. The van der Waals surface area contributed by atoms with Crippen LogP contribution in [0, 0.1) is 0 Å². The third kappa shape index (κ3) is 4.53. The van der Waals surface area contributed by atoms with Crippen molar-refractivity contribution in [1.29, 1.82) is 0 Å². The molecule has 4 aromatic carbocycles. The third-order valence-corrected chi connectivity index (χ3v) is 5.40. The van der Waals surface area contributed by atoms with Crippen molar-refractivity contribution in [3.05, 3.63) is 96.6 Å². The minimum atomic E-state index is -4.48. The number of anilines is 1. The summed E-state index contributed by atoms with van der Waals surface area (Å²) in [5.74, 6) is 0. The maximum atomic E-state index is 13.6. The fourth-order valence-corrected chi connectivity index (χ4v) is 3.82. The van der Waals surface area contributed by atoms with Gasteiger partial charge in [0.15, 0.2) is 0 Å². The first-order valence-corrected chi connectivity index (χ1v) is 10.8. The molecular weight excluding hydrogens is 421 g/mol. The fourth-order valence-electron chi connectivity index (χ4n) is 3.82. The van der Waals surface area contributed by atoms with E-state index in [1.807, 2.05) is 68.4 Å². The molecule has 0 saturated heterocycles. The quantitative estimate of drug-likeness (QED) is 0.219. The van der Waals surface area contributed by atoms with E-state index in [1.165, 1.54) is 0 Å². The summed E-state index contributed by atoms with van der Waals surface area (Å²) in [4.78, 5) is 4.55. The second-order valence-corrected chi connectivity index (χ2v) is 7.47. The van der Waals surface area contributed by atoms with Crippen LogP contribution in [0.25, 0.3) is 44.1 Å². The lowest BCUT2D eigenvalue weighted by Gasteiger charge is -2.13. The van der Waals surface area contributed by atoms with Crippen LogP contribution in [0.1, 0.15) is 19.4 Å². The van der Waals surface area contributed by atoms with Crippen molar-refractivity contribution in [2.45, 2.75) is 20.0 Å². The van der Waals surface area contributed by atoms with Crippen LogP contribution < -0.4 is 5.73 Å². The molecule has 5 rings (SSSR count). The SMILES string of the molecule is CC.Nc1ccc(-c2cc(C(F)(F)F)cc(-c3ccc4c(ccc5ccccc54)c3)n2)cc1. The standard InChI is InChI=1S/C26H17F3N2.C2H6/c27-26(28,29)20-14-24(17-7-10-21(30)11-8-17)31-25(15-20)19-9-12-23-18(13-19)6-5-16-3-1-2-4-22(16)23;1-2/h1-15H,30H2;1-2H3. The van der Waals surface area contributed by atoms with Gasteiger partial charge in [0.1, 0.15) is 0 Å². The molecule has 2 N–H and O–H groups in total. The largest absolute Gasteiger partial charge is 0.416 e. The number of aromatic nitrogens is 1. The van der Waals surface area contributed by atoms with Crippen molar-refractivity contribution in [3.63, 3.8) is 0 Å². The summed E-state index contributed by atoms with van der Waals surface area (Å²) in [5.41, 5.74) is 7.26. The molecule has 0 fully saturated rings. The summed E-state index contributed by atoms with van der Waals surface area (Å²) in [7, 11) is 0. The maximum Gasteiger partial charge on any atom is 0.416 e. The van der Waals surface area contributed by atoms with Crippen molar-refractivity contribution in [2.75, 3.05) is 5.73 Å². The Bertz CT molecular complexity index is 1420. The van der Waals surface area contributed by atoms with Crippen LogP contribution in [-0.2, 0) is 6.18 Å². The molecule has 0 atom stereocenters. The van der Waals surface area contributed by atoms with E-state index in [1.54, 1.807) is 24.3 Å². The molecule has 0 radical (unpaired) electrons. The van der Waals surface area contributed by atoms with Gasteiger partial charge >= 0.3 is 6.18 Å². The number of nitrogens with zero attached hydrogens (tertiary/aromatic N) is 1. The predicted octanol–water partition coefficient (Wildman–Crippen LogP) is 8.35. The summed E-state index contributed by atoms with van der Waals surface area (Å²) in [5, 5.41) is 4.22. The molecule has 0 aliphatic heterocycles. The molecule has 1 aromatic heterocycles. The highest BCUT2D eigenvalue weighted by Crippen LogP contribution is 2.36. The van der Waals surface area contributed by atoms with Crippen LogP contribution in [-0.4, -0.2) is 4.98 Å². The van der Waals surface area contributed by atoms with Gasteiger partial charge in [-0.3, -0.25) is 0 Å². The van der Waals surface area contributed by atoms with E-state index in [2.05, 4.69) is 4.98 Å². The van der Waals surface area contributed by atoms with E-state index in [0.29, 0.717) is 16.8 Å². The second-order valence-electron chi connectivity index (χ2n) is 7.47. The van der Waals surface area contributed by atoms with Gasteiger partial charge in [-0.05, 0) is 51.9 Å². The number of nitrogens with two attached hydrogens (primary N) is 1. The topological polar surface area (TPSA) is 38.9 Å². The summed E-state index contributed by atoms with van der Waals surface area (Å²) in [6, 6.07) is 26.5. The van der Waals surface area contributed by atoms with Crippen molar-refractivity contribution >= 4 is 27.2 Å². The van der Waals surface area contributed by atoms with E-state index in [9.17, 15) is 13.2 Å². The fraction of sp³-hybridized carbons (Fsp3) is 0.107. The zero-order chi connectivity index (χ0) is 23.6. The molecule has 1 heterocycles. The molecule has 0 aliphatic rings. The second kappa shape index (κ2) is 8.94. The molecule has 33 heavy (non-hydrogen) atoms. The Morgan fingerprint density at radius 2 is 1.21 bits per heavy atom. The van der Waals surface area contributed by atoms with Gasteiger partial charge < -0.3 is 5.73 Å². The number of hydrogen-bond acceptors (Lipinski definition) is 2. The Balaban J connectivity index is 0.00000126. The Labute approximate surface area is 190 Å². The molecule has 0 spiro atoms. The van der Waals surface area contributed by atoms with Gasteiger partial charge in [0, 0.05) is 16.8 Å². The number of rotatable bonds is 2. The molecular formula is C28H23F3N2. The first-order chi connectivity index (χ1) is 15.9. The van der Waals surface area contributed by atoms with E-state index >= 15 is 0 Å². The molecule has 5 aromatic rings. The predicted molar refractivity (Wildman–Crippen MR) is 131 cm³/mol. The average Bonchev–Trinajstić information content (AvgIpc) is 2.84. The van der Waals surface area contributed by atoms with Gasteiger partial charge in [-0.15, -0.1) is 0 Å². The monoisotopic (exact) mass is 444 g/mol. The Kier molecular flexibility index (Phi) is 6.05. The van der Waals surface area contributed by atoms with E-state index in [4.69, 9.17) is 5.73 Å². The summed E-state index contributed by atoms with van der Waals surface area (Å²) in [6.45, 7) is 4.00. The Morgan fingerprint density at radius 3 is 1.91 bits per heavy atom. The van der Waals surface area contributed by atoms with E-state index in [0.717, 1.165) is 33.7 Å². The van der Waals surface area contributed by atoms with Crippen molar-refractivity contribution in [1.82, 2.24) is 4.98 Å². The molecule has 166 valence electrons. The number of benzene rings is 4. The van der Waals surface area contributed by atoms with Gasteiger partial charge in [0.25, 0.3) is 0 Å². The lowest BCUT2D eigenvalue weighted by molar-refractivity contribution is -0.137. The Morgan fingerprint density at radius 1 is 0.636 bits per heavy atom. The highest BCUT2D eigenvalue weighted by molar-refractivity contribution is 6.08. The van der Waals surface area contributed by atoms with Crippen molar-refractivity contribution in [2.24, 2.45) is 0 Å². The Hall–Kier alpha value is -3.86. The van der Waals surface area contributed by atoms with Gasteiger partial charge in [-0.25, -0.2) is 4.98 Å². The number of nitrogen functional groups attached to an aromatic ring is 1. The van der Waals surface area contributed by atoms with Gasteiger partial charge in [0.05, 0.1) is 17.0 Å². The lowest BCUT2D eigenvalue weighted by atomic mass is 9.98. The zero-order valence-corrected chi connectivity index (χ0v) is 18.3. The van der Waals surface area contributed by atoms with E-state index in [-0.39, 0.29) is 11.4 Å². The van der Waals surface area contributed by atoms with Crippen LogP contribution in [0.3, 0.4) is 0 Å². The van der Waals surface area contributed by atoms with Gasteiger partial charge in [-0.1, -0.05) is 74.5 Å². The van der Waals surface area contributed by atoms with Crippen LogP contribution >= 0.6 is 0 Å². The number of fused-ring (bicyclic) bond motifs is 3. The minimum absolute atomic E-state index is 0.253. The highest BCUT2D eigenvalue weighted by Gasteiger charge is 2.32. The van der Waals surface area contributed by atoms with Crippen molar-refractivity contribution in [3.8, 4) is 22.5 Å². The summed E-state index contributed by atoms with van der Waals surface area (Å²) in [6.07, 6.45) is -4.48. The third-order valence-electron chi connectivity index (χ3n) is 5.40. The van der Waals surface area contributed by atoms with E-state index < -0.39 is 11.7 Å². The van der Waals surface area contributed by atoms with Crippen molar-refractivity contribution < 1.29 is 13.2 Å². The minimum Gasteiger partial charge on any atom is -0.399 e. The average molecular weight is 445 g/mol. The van der Waals surface area contributed by atoms with Crippen LogP contribution in [0.4, 0.5) is 18.9 Å². The summed E-state index contributed by atoms with van der Waals surface area (Å²) < 4.78 is 40.9. The van der Waals surface area contributed by atoms with Crippen LogP contribution in [0.15, 0.2) is 91.0 Å². The van der Waals surface area contributed by atoms with Crippen LogP contribution in [0.5, 0.6) is 0 Å². The summed E-state index contributed by atoms with van der Waals surface area (Å²) >= 11 is 0. The highest BCUT2D eigenvalue weighted by atomic mass is 19.4.